The molecular formula is C21H16ClN3O3S. The van der Waals surface area contributed by atoms with E-state index in [0.29, 0.717) is 16.3 Å². The molecule has 3 aromatic rings. The average molecular weight is 426 g/mol. The predicted octanol–water partition coefficient (Wildman–Crippen LogP) is 4.11. The Balaban J connectivity index is 1.73. The van der Waals surface area contributed by atoms with Gasteiger partial charge in [-0.05, 0) is 36.8 Å². The van der Waals surface area contributed by atoms with Crippen LogP contribution >= 0.6 is 23.4 Å². The maximum Gasteiger partial charge on any atom is 0.259 e. The molecule has 0 saturated carbocycles. The molecule has 4 atom stereocenters. The van der Waals surface area contributed by atoms with Gasteiger partial charge in [-0.25, -0.2) is 4.98 Å². The number of nitrogens with zero attached hydrogens (tertiary/aromatic N) is 2. The van der Waals surface area contributed by atoms with E-state index in [1.165, 1.54) is 11.8 Å². The number of nitrogens with one attached hydrogen (secondary N) is 1. The lowest BCUT2D eigenvalue weighted by molar-refractivity contribution is -0.535. The van der Waals surface area contributed by atoms with E-state index in [0.717, 1.165) is 10.9 Å². The van der Waals surface area contributed by atoms with Crippen molar-refractivity contribution in [2.45, 2.75) is 28.5 Å². The third-order valence-electron chi connectivity index (χ3n) is 5.86. The molecule has 1 aromatic heterocycles. The molecule has 0 aliphatic carbocycles. The molecule has 2 aliphatic rings. The fraction of sp³-hybridized carbons (Fsp3) is 0.238. The summed E-state index contributed by atoms with van der Waals surface area (Å²) >= 11 is 7.45. The van der Waals surface area contributed by atoms with E-state index < -0.39 is 21.6 Å². The fourth-order valence-corrected chi connectivity index (χ4v) is 6.69. The van der Waals surface area contributed by atoms with E-state index in [2.05, 4.69) is 5.32 Å². The Hall–Kier alpha value is -2.64. The van der Waals surface area contributed by atoms with Gasteiger partial charge in [-0.3, -0.25) is 14.9 Å². The van der Waals surface area contributed by atoms with Crippen molar-refractivity contribution in [3.8, 4) is 0 Å². The molecule has 2 saturated heterocycles. The number of thioether (sulfide) groups is 1. The van der Waals surface area contributed by atoms with Crippen molar-refractivity contribution in [2.75, 3.05) is 0 Å². The van der Waals surface area contributed by atoms with Crippen LogP contribution in [0.1, 0.15) is 24.1 Å². The van der Waals surface area contributed by atoms with Crippen LogP contribution in [0.4, 0.5) is 0 Å². The Labute approximate surface area is 175 Å². The molecule has 2 aliphatic heterocycles. The van der Waals surface area contributed by atoms with Crippen LogP contribution in [0.3, 0.4) is 0 Å². The minimum Gasteiger partial charge on any atom is -0.329 e. The Morgan fingerprint density at radius 1 is 1.17 bits per heavy atom. The summed E-state index contributed by atoms with van der Waals surface area (Å²) in [6, 6.07) is 17.1. The van der Waals surface area contributed by atoms with Gasteiger partial charge in [-0.1, -0.05) is 48.0 Å². The van der Waals surface area contributed by atoms with Crippen molar-refractivity contribution < 1.29 is 9.72 Å². The van der Waals surface area contributed by atoms with Gasteiger partial charge in [0, 0.05) is 15.3 Å². The Kier molecular flexibility index (Phi) is 3.92. The molecule has 1 amide bonds. The SMILES string of the molecule is CC12SC(c3ccc4ccccc4n3)(NC1=O)C([N+](=O)[O-])C2c1cccc(Cl)c1. The van der Waals surface area contributed by atoms with Crippen molar-refractivity contribution in [1.29, 1.82) is 0 Å². The van der Waals surface area contributed by atoms with Gasteiger partial charge in [0.2, 0.25) is 5.91 Å². The van der Waals surface area contributed by atoms with Crippen molar-refractivity contribution in [3.63, 3.8) is 0 Å². The number of amides is 1. The fourth-order valence-electron chi connectivity index (χ4n) is 4.59. The van der Waals surface area contributed by atoms with Crippen LogP contribution in [0.25, 0.3) is 10.9 Å². The Morgan fingerprint density at radius 2 is 1.97 bits per heavy atom. The van der Waals surface area contributed by atoms with E-state index in [9.17, 15) is 14.9 Å². The topological polar surface area (TPSA) is 85.1 Å². The van der Waals surface area contributed by atoms with Gasteiger partial charge in [0.05, 0.1) is 17.1 Å². The monoisotopic (exact) mass is 425 g/mol. The van der Waals surface area contributed by atoms with Gasteiger partial charge < -0.3 is 5.32 Å². The molecule has 5 rings (SSSR count). The molecule has 4 unspecified atom stereocenters. The van der Waals surface area contributed by atoms with E-state index in [1.807, 2.05) is 30.3 Å². The Bertz CT molecular complexity index is 1190. The number of fused-ring (bicyclic) bond motifs is 3. The maximum atomic E-state index is 13.0. The number of benzene rings is 2. The third kappa shape index (κ3) is 2.50. The van der Waals surface area contributed by atoms with Gasteiger partial charge in [0.1, 0.15) is 4.75 Å². The quantitative estimate of drug-likeness (QED) is 0.504. The molecule has 0 spiro atoms. The Morgan fingerprint density at radius 3 is 2.72 bits per heavy atom. The number of hydrogen-bond acceptors (Lipinski definition) is 5. The first-order chi connectivity index (χ1) is 13.8. The van der Waals surface area contributed by atoms with Crippen molar-refractivity contribution >= 4 is 40.2 Å². The summed E-state index contributed by atoms with van der Waals surface area (Å²) in [6.07, 6.45) is 0. The van der Waals surface area contributed by atoms with Gasteiger partial charge in [0.25, 0.3) is 6.04 Å². The van der Waals surface area contributed by atoms with Gasteiger partial charge in [-0.15, -0.1) is 11.8 Å². The zero-order valence-corrected chi connectivity index (χ0v) is 16.9. The lowest BCUT2D eigenvalue weighted by Crippen LogP contribution is -2.59. The first-order valence-electron chi connectivity index (χ1n) is 9.13. The molecule has 0 radical (unpaired) electrons. The summed E-state index contributed by atoms with van der Waals surface area (Å²) in [4.78, 5) is 28.5. The average Bonchev–Trinajstić information content (AvgIpc) is 3.13. The smallest absolute Gasteiger partial charge is 0.259 e. The second-order valence-electron chi connectivity index (χ2n) is 7.55. The number of nitro groups is 1. The number of pyridine rings is 1. The number of carbonyl (C=O) groups is 1. The van der Waals surface area contributed by atoms with Gasteiger partial charge in [0.15, 0.2) is 4.87 Å². The molecular weight excluding hydrogens is 410 g/mol. The minimum absolute atomic E-state index is 0.222. The largest absolute Gasteiger partial charge is 0.329 e. The van der Waals surface area contributed by atoms with Gasteiger partial charge in [-0.2, -0.15) is 0 Å². The normalized spacial score (nSPS) is 30.5. The summed E-state index contributed by atoms with van der Waals surface area (Å²) in [7, 11) is 0. The zero-order chi connectivity index (χ0) is 20.4. The molecule has 146 valence electrons. The van der Waals surface area contributed by atoms with Crippen LogP contribution in [0, 0.1) is 10.1 Å². The summed E-state index contributed by atoms with van der Waals surface area (Å²) in [5.74, 6) is -0.858. The molecule has 2 aromatic carbocycles. The molecule has 1 N–H and O–H groups in total. The molecule has 2 fully saturated rings. The van der Waals surface area contributed by atoms with E-state index in [-0.39, 0.29) is 10.8 Å². The molecule has 29 heavy (non-hydrogen) atoms. The number of piperidine rings is 1. The highest BCUT2D eigenvalue weighted by Crippen LogP contribution is 2.65. The highest BCUT2D eigenvalue weighted by atomic mass is 35.5. The van der Waals surface area contributed by atoms with E-state index in [4.69, 9.17) is 16.6 Å². The number of para-hydroxylation sites is 1. The number of halogens is 1. The standard InChI is InChI=1S/C21H16ClN3O3S/c1-20-17(13-6-4-7-14(22)11-13)18(25(27)28)21(29-20,24-19(20)26)16-10-9-12-5-2-3-8-15(12)23-16/h2-11,17-18H,1H3,(H,24,26). The predicted molar refractivity (Wildman–Crippen MR) is 113 cm³/mol. The zero-order valence-electron chi connectivity index (χ0n) is 15.3. The summed E-state index contributed by atoms with van der Waals surface area (Å²) in [5, 5.41) is 16.7. The van der Waals surface area contributed by atoms with Crippen LogP contribution in [0.15, 0.2) is 60.7 Å². The lowest BCUT2D eigenvalue weighted by Gasteiger charge is -2.34. The molecule has 3 heterocycles. The highest BCUT2D eigenvalue weighted by molar-refractivity contribution is 8.03. The summed E-state index contributed by atoms with van der Waals surface area (Å²) in [5.41, 5.74) is 1.91. The number of hydrogen-bond donors (Lipinski definition) is 1. The highest BCUT2D eigenvalue weighted by Gasteiger charge is 2.76. The van der Waals surface area contributed by atoms with Crippen LogP contribution in [-0.2, 0) is 9.67 Å². The number of rotatable bonds is 3. The molecule has 6 nitrogen and oxygen atoms in total. The van der Waals surface area contributed by atoms with Crippen molar-refractivity contribution in [3.05, 3.63) is 87.1 Å². The first-order valence-corrected chi connectivity index (χ1v) is 10.3. The summed E-state index contributed by atoms with van der Waals surface area (Å²) in [6.45, 7) is 1.77. The van der Waals surface area contributed by atoms with E-state index in [1.54, 1.807) is 37.3 Å². The van der Waals surface area contributed by atoms with Crippen LogP contribution in [0.5, 0.6) is 0 Å². The van der Waals surface area contributed by atoms with Crippen molar-refractivity contribution in [1.82, 2.24) is 10.3 Å². The first kappa shape index (κ1) is 18.4. The molecule has 8 heteroatoms. The second kappa shape index (κ2) is 6.18. The minimum atomic E-state index is -1.24. The van der Waals surface area contributed by atoms with Crippen LogP contribution < -0.4 is 5.32 Å². The van der Waals surface area contributed by atoms with E-state index >= 15 is 0 Å². The van der Waals surface area contributed by atoms with Crippen molar-refractivity contribution in [2.24, 2.45) is 0 Å². The second-order valence-corrected chi connectivity index (χ2v) is 9.68. The lowest BCUT2D eigenvalue weighted by atomic mass is 9.74. The van der Waals surface area contributed by atoms with Crippen LogP contribution in [-0.4, -0.2) is 26.6 Å². The molecule has 2 bridgehead atoms. The van der Waals surface area contributed by atoms with Gasteiger partial charge >= 0.3 is 0 Å². The third-order valence-corrected chi connectivity index (χ3v) is 7.84. The number of carbonyl (C=O) groups excluding carboxylic acids is 1. The number of aromatic nitrogens is 1. The van der Waals surface area contributed by atoms with Crippen LogP contribution in [0.2, 0.25) is 5.02 Å². The summed E-state index contributed by atoms with van der Waals surface area (Å²) < 4.78 is -1.00. The maximum absolute atomic E-state index is 13.0.